The predicted molar refractivity (Wildman–Crippen MR) is 65.2 cm³/mol. The van der Waals surface area contributed by atoms with E-state index in [1.54, 1.807) is 11.8 Å². The second kappa shape index (κ2) is 6.48. The highest BCUT2D eigenvalue weighted by atomic mass is 32.2. The summed E-state index contributed by atoms with van der Waals surface area (Å²) in [6, 6.07) is 0.0485. The van der Waals surface area contributed by atoms with Crippen LogP contribution in [-0.2, 0) is 14.4 Å². The van der Waals surface area contributed by atoms with Crippen molar-refractivity contribution in [1.29, 1.82) is 0 Å². The molecule has 1 aliphatic rings. The molecule has 0 fully saturated rings. The van der Waals surface area contributed by atoms with Crippen LogP contribution in [0.15, 0.2) is 5.16 Å². The third-order valence-electron chi connectivity index (χ3n) is 2.35. The predicted octanol–water partition coefficient (Wildman–Crippen LogP) is 0.474. The van der Waals surface area contributed by atoms with Gasteiger partial charge in [-0.1, -0.05) is 5.16 Å². The van der Waals surface area contributed by atoms with Crippen LogP contribution in [-0.4, -0.2) is 46.8 Å². The SMILES string of the molecule is CSCCC(C)NC(=O)C1CC(C(=O)O)=NO1. The molecule has 1 rings (SSSR count). The lowest BCUT2D eigenvalue weighted by Gasteiger charge is -2.15. The van der Waals surface area contributed by atoms with E-state index in [1.165, 1.54) is 0 Å². The van der Waals surface area contributed by atoms with E-state index in [4.69, 9.17) is 9.94 Å². The zero-order chi connectivity index (χ0) is 12.8. The Morgan fingerprint density at radius 1 is 1.71 bits per heavy atom. The number of hydrogen-bond donors (Lipinski definition) is 2. The quantitative estimate of drug-likeness (QED) is 0.725. The van der Waals surface area contributed by atoms with E-state index in [-0.39, 0.29) is 24.1 Å². The first-order valence-electron chi connectivity index (χ1n) is 5.30. The maximum absolute atomic E-state index is 11.7. The highest BCUT2D eigenvalue weighted by Gasteiger charge is 2.31. The zero-order valence-electron chi connectivity index (χ0n) is 9.80. The maximum Gasteiger partial charge on any atom is 0.353 e. The largest absolute Gasteiger partial charge is 0.477 e. The zero-order valence-corrected chi connectivity index (χ0v) is 10.6. The van der Waals surface area contributed by atoms with Crippen molar-refractivity contribution in [1.82, 2.24) is 5.32 Å². The van der Waals surface area contributed by atoms with Crippen molar-refractivity contribution >= 4 is 29.4 Å². The first-order valence-corrected chi connectivity index (χ1v) is 6.69. The van der Waals surface area contributed by atoms with Gasteiger partial charge in [0.2, 0.25) is 6.10 Å². The molecule has 0 aromatic carbocycles. The van der Waals surface area contributed by atoms with Gasteiger partial charge in [-0.2, -0.15) is 11.8 Å². The molecule has 96 valence electrons. The van der Waals surface area contributed by atoms with E-state index in [1.807, 2.05) is 13.2 Å². The number of rotatable bonds is 6. The van der Waals surface area contributed by atoms with Crippen LogP contribution in [0.4, 0.5) is 0 Å². The van der Waals surface area contributed by atoms with Crippen molar-refractivity contribution in [3.63, 3.8) is 0 Å². The molecule has 0 saturated carbocycles. The molecule has 1 heterocycles. The van der Waals surface area contributed by atoms with Crippen molar-refractivity contribution in [3.8, 4) is 0 Å². The van der Waals surface area contributed by atoms with Gasteiger partial charge in [0.1, 0.15) is 0 Å². The third-order valence-corrected chi connectivity index (χ3v) is 3.00. The second-order valence-electron chi connectivity index (χ2n) is 3.83. The highest BCUT2D eigenvalue weighted by Crippen LogP contribution is 2.11. The molecule has 2 N–H and O–H groups in total. The van der Waals surface area contributed by atoms with Crippen molar-refractivity contribution < 1.29 is 19.5 Å². The molecule has 0 bridgehead atoms. The number of aliphatic carboxylic acids is 1. The molecule has 1 aliphatic heterocycles. The molecule has 1 amide bonds. The number of thioether (sulfide) groups is 1. The number of oxime groups is 1. The first kappa shape index (κ1) is 13.8. The minimum atomic E-state index is -1.14. The Bertz CT molecular complexity index is 332. The van der Waals surface area contributed by atoms with Crippen LogP contribution in [0.5, 0.6) is 0 Å². The van der Waals surface area contributed by atoms with Gasteiger partial charge in [0.05, 0.1) is 0 Å². The number of nitrogens with one attached hydrogen (secondary N) is 1. The van der Waals surface area contributed by atoms with E-state index < -0.39 is 12.1 Å². The molecule has 17 heavy (non-hydrogen) atoms. The number of carboxylic acid groups (broad SMARTS) is 1. The monoisotopic (exact) mass is 260 g/mol. The topological polar surface area (TPSA) is 88.0 Å². The standard InChI is InChI=1S/C10H16N2O4S/c1-6(3-4-17-2)11-9(13)8-5-7(10(14)15)12-16-8/h6,8H,3-5H2,1-2H3,(H,11,13)(H,14,15). The van der Waals surface area contributed by atoms with Gasteiger partial charge in [0.25, 0.3) is 5.91 Å². The minimum absolute atomic E-state index is 0.0242. The van der Waals surface area contributed by atoms with Gasteiger partial charge in [-0.25, -0.2) is 4.79 Å². The molecular formula is C10H16N2O4S. The number of carbonyl (C=O) groups excluding carboxylic acids is 1. The summed E-state index contributed by atoms with van der Waals surface area (Å²) in [4.78, 5) is 27.0. The van der Waals surface area contributed by atoms with Crippen LogP contribution in [0.25, 0.3) is 0 Å². The molecule has 2 atom stereocenters. The summed E-state index contributed by atoms with van der Waals surface area (Å²) in [5.41, 5.74) is -0.109. The Kier molecular flexibility index (Phi) is 5.27. The van der Waals surface area contributed by atoms with Gasteiger partial charge in [0, 0.05) is 12.5 Å². The molecule has 0 saturated heterocycles. The Labute approximate surface area is 104 Å². The molecule has 0 radical (unpaired) electrons. The van der Waals surface area contributed by atoms with Gasteiger partial charge in [-0.05, 0) is 25.4 Å². The average Bonchev–Trinajstić information content (AvgIpc) is 2.75. The van der Waals surface area contributed by atoms with E-state index in [9.17, 15) is 9.59 Å². The lowest BCUT2D eigenvalue weighted by Crippen LogP contribution is -2.40. The fraction of sp³-hybridized carbons (Fsp3) is 0.700. The van der Waals surface area contributed by atoms with E-state index in [0.29, 0.717) is 0 Å². The molecule has 0 aromatic rings. The van der Waals surface area contributed by atoms with Crippen LogP contribution in [0.3, 0.4) is 0 Å². The fourth-order valence-corrected chi connectivity index (χ4v) is 1.94. The van der Waals surface area contributed by atoms with Crippen LogP contribution >= 0.6 is 11.8 Å². The number of nitrogens with zero attached hydrogens (tertiary/aromatic N) is 1. The number of carboxylic acids is 1. The van der Waals surface area contributed by atoms with Gasteiger partial charge >= 0.3 is 5.97 Å². The van der Waals surface area contributed by atoms with Gasteiger partial charge in [0.15, 0.2) is 5.71 Å². The van der Waals surface area contributed by atoms with Crippen LogP contribution in [0.1, 0.15) is 19.8 Å². The first-order chi connectivity index (χ1) is 8.04. The average molecular weight is 260 g/mol. The molecule has 2 unspecified atom stereocenters. The van der Waals surface area contributed by atoms with Crippen LogP contribution < -0.4 is 5.32 Å². The minimum Gasteiger partial charge on any atom is -0.477 e. The summed E-state index contributed by atoms with van der Waals surface area (Å²) in [5, 5.41) is 14.8. The lowest BCUT2D eigenvalue weighted by molar-refractivity contribution is -0.131. The van der Waals surface area contributed by atoms with E-state index >= 15 is 0 Å². The summed E-state index contributed by atoms with van der Waals surface area (Å²) in [6.45, 7) is 1.90. The Hall–Kier alpha value is -1.24. The van der Waals surface area contributed by atoms with Gasteiger partial charge < -0.3 is 15.3 Å². The fourth-order valence-electron chi connectivity index (χ4n) is 1.35. The number of hydrogen-bond acceptors (Lipinski definition) is 5. The summed E-state index contributed by atoms with van der Waals surface area (Å²) in [7, 11) is 0. The Morgan fingerprint density at radius 3 is 2.94 bits per heavy atom. The second-order valence-corrected chi connectivity index (χ2v) is 4.82. The summed E-state index contributed by atoms with van der Waals surface area (Å²) >= 11 is 1.71. The maximum atomic E-state index is 11.7. The molecule has 0 aromatic heterocycles. The van der Waals surface area contributed by atoms with Crippen molar-refractivity contribution in [2.24, 2.45) is 5.16 Å². The van der Waals surface area contributed by atoms with Crippen LogP contribution in [0, 0.1) is 0 Å². The van der Waals surface area contributed by atoms with E-state index in [0.717, 1.165) is 12.2 Å². The summed E-state index contributed by atoms with van der Waals surface area (Å²) in [5.74, 6) is -0.488. The number of amides is 1. The highest BCUT2D eigenvalue weighted by molar-refractivity contribution is 7.98. The molecule has 6 nitrogen and oxygen atoms in total. The van der Waals surface area contributed by atoms with Crippen molar-refractivity contribution in [3.05, 3.63) is 0 Å². The van der Waals surface area contributed by atoms with Gasteiger partial charge in [-0.15, -0.1) is 0 Å². The Morgan fingerprint density at radius 2 is 2.41 bits per heavy atom. The normalized spacial score (nSPS) is 20.4. The lowest BCUT2D eigenvalue weighted by atomic mass is 10.1. The number of carbonyl (C=O) groups is 2. The van der Waals surface area contributed by atoms with Crippen LogP contribution in [0.2, 0.25) is 0 Å². The molecule has 0 aliphatic carbocycles. The molecular weight excluding hydrogens is 244 g/mol. The molecule has 0 spiro atoms. The summed E-state index contributed by atoms with van der Waals surface area (Å²) < 4.78 is 0. The molecule has 7 heteroatoms. The van der Waals surface area contributed by atoms with Crippen molar-refractivity contribution in [2.45, 2.75) is 31.9 Å². The summed E-state index contributed by atoms with van der Waals surface area (Å²) in [6.07, 6.45) is 2.09. The smallest absolute Gasteiger partial charge is 0.353 e. The van der Waals surface area contributed by atoms with Crippen molar-refractivity contribution in [2.75, 3.05) is 12.0 Å². The van der Waals surface area contributed by atoms with E-state index in [2.05, 4.69) is 10.5 Å². The third kappa shape index (κ3) is 4.26. The Balaban J connectivity index is 2.33. The van der Waals surface area contributed by atoms with Gasteiger partial charge in [-0.3, -0.25) is 4.79 Å².